The lowest BCUT2D eigenvalue weighted by atomic mass is 10.1. The van der Waals surface area contributed by atoms with Crippen LogP contribution in [0.2, 0.25) is 0 Å². The number of aryl methyl sites for hydroxylation is 2. The molecule has 0 amide bonds. The maximum atomic E-state index is 13.3. The van der Waals surface area contributed by atoms with Crippen molar-refractivity contribution in [3.05, 3.63) is 51.2 Å². The van der Waals surface area contributed by atoms with Crippen molar-refractivity contribution in [3.8, 4) is 0 Å². The molecule has 17 heavy (non-hydrogen) atoms. The van der Waals surface area contributed by atoms with Crippen LogP contribution in [-0.2, 0) is 6.42 Å². The molecule has 4 heteroatoms. The monoisotopic (exact) mass is 249 g/mol. The molecule has 1 heterocycles. The van der Waals surface area contributed by atoms with Gasteiger partial charge in [-0.2, -0.15) is 0 Å². The highest BCUT2D eigenvalue weighted by Gasteiger charge is 2.11. The minimum absolute atomic E-state index is 0.0988. The summed E-state index contributed by atoms with van der Waals surface area (Å²) in [5.74, 6) is -0.440. The predicted octanol–water partition coefficient (Wildman–Crippen LogP) is 3.32. The molecule has 1 aromatic heterocycles. The summed E-state index contributed by atoms with van der Waals surface area (Å²) in [6.45, 7) is 3.56. The average molecular weight is 249 g/mol. The highest BCUT2D eigenvalue weighted by atomic mass is 32.1. The Hall–Kier alpha value is -1.55. The van der Waals surface area contributed by atoms with Gasteiger partial charge in [0.25, 0.3) is 0 Å². The van der Waals surface area contributed by atoms with E-state index >= 15 is 0 Å². The van der Waals surface area contributed by atoms with E-state index in [0.29, 0.717) is 11.1 Å². The van der Waals surface area contributed by atoms with Crippen molar-refractivity contribution in [3.63, 3.8) is 0 Å². The molecule has 0 aliphatic heterocycles. The van der Waals surface area contributed by atoms with Gasteiger partial charge in [-0.25, -0.2) is 9.37 Å². The molecule has 0 saturated heterocycles. The summed E-state index contributed by atoms with van der Waals surface area (Å²) in [4.78, 5) is 16.1. The van der Waals surface area contributed by atoms with Crippen molar-refractivity contribution in [2.45, 2.75) is 20.3 Å². The lowest BCUT2D eigenvalue weighted by Gasteiger charge is -2.01. The molecule has 2 nitrogen and oxygen atoms in total. The maximum absolute atomic E-state index is 13.3. The van der Waals surface area contributed by atoms with Crippen LogP contribution in [-0.4, -0.2) is 10.8 Å². The fraction of sp³-hybridized carbons (Fsp3) is 0.231. The lowest BCUT2D eigenvalue weighted by molar-refractivity contribution is 0.0992. The number of nitrogens with zero attached hydrogens (tertiary/aromatic N) is 1. The molecule has 0 N–H and O–H groups in total. The number of rotatable bonds is 3. The Morgan fingerprint density at radius 2 is 2.18 bits per heavy atom. The van der Waals surface area contributed by atoms with Gasteiger partial charge in [-0.3, -0.25) is 4.79 Å². The van der Waals surface area contributed by atoms with Crippen LogP contribution in [0.25, 0.3) is 0 Å². The van der Waals surface area contributed by atoms with Crippen LogP contribution in [0.4, 0.5) is 4.39 Å². The summed E-state index contributed by atoms with van der Waals surface area (Å²) < 4.78 is 13.3. The molecule has 0 aliphatic carbocycles. The fourth-order valence-electron chi connectivity index (χ4n) is 1.49. The highest BCUT2D eigenvalue weighted by Crippen LogP contribution is 2.14. The zero-order valence-corrected chi connectivity index (χ0v) is 10.5. The second kappa shape index (κ2) is 4.75. The van der Waals surface area contributed by atoms with Gasteiger partial charge in [0.15, 0.2) is 5.78 Å². The lowest BCUT2D eigenvalue weighted by Crippen LogP contribution is -2.04. The Labute approximate surface area is 103 Å². The average Bonchev–Trinajstić information content (AvgIpc) is 2.68. The van der Waals surface area contributed by atoms with Crippen LogP contribution in [0.3, 0.4) is 0 Å². The van der Waals surface area contributed by atoms with Crippen molar-refractivity contribution in [2.24, 2.45) is 0 Å². The number of hydrogen-bond donors (Lipinski definition) is 0. The second-order valence-corrected chi connectivity index (χ2v) is 4.89. The Balaban J connectivity index is 2.17. The third-order valence-corrected chi connectivity index (χ3v) is 3.44. The normalized spacial score (nSPS) is 10.5. The number of halogens is 1. The number of thiazole rings is 1. The van der Waals surface area contributed by atoms with Crippen molar-refractivity contribution in [1.29, 1.82) is 0 Å². The van der Waals surface area contributed by atoms with Gasteiger partial charge in [0.2, 0.25) is 0 Å². The van der Waals surface area contributed by atoms with Gasteiger partial charge >= 0.3 is 0 Å². The van der Waals surface area contributed by atoms with E-state index in [1.165, 1.54) is 17.4 Å². The van der Waals surface area contributed by atoms with E-state index in [0.717, 1.165) is 10.7 Å². The van der Waals surface area contributed by atoms with Crippen molar-refractivity contribution >= 4 is 17.1 Å². The molecule has 2 rings (SSSR count). The molecular weight excluding hydrogens is 237 g/mol. The Bertz CT molecular complexity index is 562. The summed E-state index contributed by atoms with van der Waals surface area (Å²) in [6.07, 6.45) is 0.237. The SMILES string of the molecule is Cc1csc(CC(=O)c2ccc(C)c(F)c2)n1. The minimum Gasteiger partial charge on any atom is -0.294 e. The standard InChI is InChI=1S/C13H12FNOS/c1-8-3-4-10(5-11(8)14)12(16)6-13-15-9(2)7-17-13/h3-5,7H,6H2,1-2H3. The molecule has 88 valence electrons. The van der Waals surface area contributed by atoms with E-state index in [2.05, 4.69) is 4.98 Å². The maximum Gasteiger partial charge on any atom is 0.169 e. The molecule has 0 spiro atoms. The molecule has 0 aliphatic rings. The van der Waals surface area contributed by atoms with E-state index in [9.17, 15) is 9.18 Å². The Morgan fingerprint density at radius 1 is 1.41 bits per heavy atom. The number of aromatic nitrogens is 1. The van der Waals surface area contributed by atoms with Gasteiger partial charge in [0.05, 0.1) is 6.42 Å². The summed E-state index contributed by atoms with van der Waals surface area (Å²) in [5.41, 5.74) is 1.86. The van der Waals surface area contributed by atoms with Gasteiger partial charge in [-0.05, 0) is 25.5 Å². The Morgan fingerprint density at radius 3 is 2.76 bits per heavy atom. The predicted molar refractivity (Wildman–Crippen MR) is 66.0 cm³/mol. The fourth-order valence-corrected chi connectivity index (χ4v) is 2.26. The van der Waals surface area contributed by atoms with Crippen molar-refractivity contribution in [2.75, 3.05) is 0 Å². The van der Waals surface area contributed by atoms with Crippen LogP contribution in [0, 0.1) is 19.7 Å². The van der Waals surface area contributed by atoms with Crippen molar-refractivity contribution < 1.29 is 9.18 Å². The molecule has 1 aromatic carbocycles. The summed E-state index contributed by atoms with van der Waals surface area (Å²) in [7, 11) is 0. The molecule has 0 saturated carbocycles. The van der Waals surface area contributed by atoms with Gasteiger partial charge in [-0.1, -0.05) is 12.1 Å². The number of benzene rings is 1. The van der Waals surface area contributed by atoms with E-state index in [-0.39, 0.29) is 18.0 Å². The van der Waals surface area contributed by atoms with Crippen LogP contribution >= 0.6 is 11.3 Å². The highest BCUT2D eigenvalue weighted by molar-refractivity contribution is 7.09. The number of Topliss-reactive ketones (excluding diaryl/α,β-unsaturated/α-hetero) is 1. The summed E-state index contributed by atoms with van der Waals surface area (Å²) >= 11 is 1.45. The largest absolute Gasteiger partial charge is 0.294 e. The van der Waals surface area contributed by atoms with Gasteiger partial charge in [-0.15, -0.1) is 11.3 Å². The first-order valence-electron chi connectivity index (χ1n) is 5.26. The minimum atomic E-state index is -0.342. The molecule has 0 atom stereocenters. The Kier molecular flexibility index (Phi) is 3.33. The molecular formula is C13H12FNOS. The third kappa shape index (κ3) is 2.77. The number of carbonyl (C=O) groups is 1. The number of hydrogen-bond acceptors (Lipinski definition) is 3. The van der Waals surface area contributed by atoms with Gasteiger partial charge in [0.1, 0.15) is 10.8 Å². The second-order valence-electron chi connectivity index (χ2n) is 3.95. The topological polar surface area (TPSA) is 30.0 Å². The zero-order valence-electron chi connectivity index (χ0n) is 9.66. The zero-order chi connectivity index (χ0) is 12.4. The quantitative estimate of drug-likeness (QED) is 0.781. The third-order valence-electron chi connectivity index (χ3n) is 2.47. The summed E-state index contributed by atoms with van der Waals surface area (Å²) in [6, 6.07) is 4.56. The van der Waals surface area contributed by atoms with Gasteiger partial charge in [0, 0.05) is 16.6 Å². The van der Waals surface area contributed by atoms with Crippen LogP contribution < -0.4 is 0 Å². The first-order valence-corrected chi connectivity index (χ1v) is 6.14. The smallest absolute Gasteiger partial charge is 0.169 e. The van der Waals surface area contributed by atoms with E-state index in [4.69, 9.17) is 0 Å². The van der Waals surface area contributed by atoms with E-state index in [1.54, 1.807) is 19.1 Å². The van der Waals surface area contributed by atoms with Crippen LogP contribution in [0.5, 0.6) is 0 Å². The van der Waals surface area contributed by atoms with Crippen LogP contribution in [0.15, 0.2) is 23.6 Å². The van der Waals surface area contributed by atoms with Gasteiger partial charge < -0.3 is 0 Å². The molecule has 0 bridgehead atoms. The first-order chi connectivity index (χ1) is 8.06. The first kappa shape index (κ1) is 11.9. The molecule has 2 aromatic rings. The summed E-state index contributed by atoms with van der Waals surface area (Å²) in [5, 5.41) is 2.67. The molecule has 0 unspecified atom stereocenters. The van der Waals surface area contributed by atoms with Crippen molar-refractivity contribution in [1.82, 2.24) is 4.98 Å². The molecule has 0 fully saturated rings. The number of carbonyl (C=O) groups excluding carboxylic acids is 1. The molecule has 0 radical (unpaired) electrons. The van der Waals surface area contributed by atoms with Crippen LogP contribution in [0.1, 0.15) is 26.6 Å². The van der Waals surface area contributed by atoms with E-state index in [1.807, 2.05) is 12.3 Å². The number of ketones is 1. The van der Waals surface area contributed by atoms with E-state index < -0.39 is 0 Å².